The summed E-state index contributed by atoms with van der Waals surface area (Å²) in [6.45, 7) is 0. The Hall–Kier alpha value is -1.20. The fourth-order valence-corrected chi connectivity index (χ4v) is 2.27. The highest BCUT2D eigenvalue weighted by molar-refractivity contribution is 9.10. The van der Waals surface area contributed by atoms with E-state index in [4.69, 9.17) is 10.2 Å². The first-order valence-corrected chi connectivity index (χ1v) is 6.77. The summed E-state index contributed by atoms with van der Waals surface area (Å²) < 4.78 is 32.8. The summed E-state index contributed by atoms with van der Waals surface area (Å²) in [5, 5.41) is 0. The second-order valence-electron chi connectivity index (χ2n) is 4.40. The molecule has 2 nitrogen and oxygen atoms in total. The van der Waals surface area contributed by atoms with Gasteiger partial charge in [-0.25, -0.2) is 8.78 Å². The van der Waals surface area contributed by atoms with Crippen LogP contribution in [0.1, 0.15) is 17.7 Å². The Kier molecular flexibility index (Phi) is 4.71. The molecule has 1 unspecified atom stereocenters. The second-order valence-corrected chi connectivity index (χ2v) is 5.26. The van der Waals surface area contributed by atoms with Crippen LogP contribution >= 0.6 is 15.9 Å². The Morgan fingerprint density at radius 3 is 2.74 bits per heavy atom. The number of hydrogen-bond donors (Lipinski definition) is 1. The number of nitrogens with two attached hydrogens (primary N) is 1. The summed E-state index contributed by atoms with van der Waals surface area (Å²) in [6, 6.07) is 5.93. The third-order valence-corrected chi connectivity index (χ3v) is 3.56. The van der Waals surface area contributed by atoms with Gasteiger partial charge in [-0.1, -0.05) is 0 Å². The molecule has 2 aromatic rings. The van der Waals surface area contributed by atoms with Gasteiger partial charge in [0.05, 0.1) is 10.7 Å². The van der Waals surface area contributed by atoms with Crippen molar-refractivity contribution in [3.05, 3.63) is 58.0 Å². The quantitative estimate of drug-likeness (QED) is 0.847. The van der Waals surface area contributed by atoms with Gasteiger partial charge in [0.25, 0.3) is 0 Å². The molecule has 19 heavy (non-hydrogen) atoms. The van der Waals surface area contributed by atoms with E-state index in [-0.39, 0.29) is 22.5 Å². The van der Waals surface area contributed by atoms with E-state index in [0.717, 1.165) is 5.76 Å². The lowest BCUT2D eigenvalue weighted by molar-refractivity contribution is 0.475. The Morgan fingerprint density at radius 1 is 1.26 bits per heavy atom. The van der Waals surface area contributed by atoms with Gasteiger partial charge in [-0.3, -0.25) is 0 Å². The maximum Gasteiger partial charge on any atom is 0.143 e. The van der Waals surface area contributed by atoms with Gasteiger partial charge in [-0.15, -0.1) is 0 Å². The first-order valence-electron chi connectivity index (χ1n) is 5.98. The van der Waals surface area contributed by atoms with Crippen LogP contribution in [0.5, 0.6) is 0 Å². The molecule has 0 aliphatic carbocycles. The molecule has 0 amide bonds. The molecule has 1 atom stereocenters. The summed E-state index contributed by atoms with van der Waals surface area (Å²) in [7, 11) is 0. The summed E-state index contributed by atoms with van der Waals surface area (Å²) in [6.07, 6.45) is 3.02. The van der Waals surface area contributed by atoms with E-state index < -0.39 is 11.6 Å². The van der Waals surface area contributed by atoms with Crippen molar-refractivity contribution in [2.45, 2.75) is 25.3 Å². The molecule has 0 aliphatic heterocycles. The minimum absolute atomic E-state index is 0.0290. The molecule has 2 N–H and O–H groups in total. The molecule has 1 aromatic heterocycles. The zero-order valence-electron chi connectivity index (χ0n) is 10.2. The number of aryl methyl sites for hydroxylation is 1. The molecule has 0 radical (unpaired) electrons. The Labute approximate surface area is 118 Å². The van der Waals surface area contributed by atoms with Crippen LogP contribution < -0.4 is 5.73 Å². The number of halogens is 3. The van der Waals surface area contributed by atoms with Crippen molar-refractivity contribution in [1.29, 1.82) is 0 Å². The lowest BCUT2D eigenvalue weighted by Crippen LogP contribution is -2.24. The van der Waals surface area contributed by atoms with Gasteiger partial charge in [0.1, 0.15) is 17.4 Å². The van der Waals surface area contributed by atoms with Gasteiger partial charge in [0, 0.05) is 18.0 Å². The Morgan fingerprint density at radius 2 is 2.05 bits per heavy atom. The van der Waals surface area contributed by atoms with Gasteiger partial charge in [0.15, 0.2) is 0 Å². The summed E-state index contributed by atoms with van der Waals surface area (Å²) in [4.78, 5) is 0. The molecule has 2 rings (SSSR count). The van der Waals surface area contributed by atoms with Crippen LogP contribution in [0.25, 0.3) is 0 Å². The maximum absolute atomic E-state index is 13.8. The molecular formula is C14H14BrF2NO. The molecule has 0 fully saturated rings. The van der Waals surface area contributed by atoms with Crippen LogP contribution in [0.3, 0.4) is 0 Å². The van der Waals surface area contributed by atoms with Crippen molar-refractivity contribution in [2.75, 3.05) is 0 Å². The Bertz CT molecular complexity index is 543. The zero-order chi connectivity index (χ0) is 13.8. The Balaban J connectivity index is 1.99. The van der Waals surface area contributed by atoms with Gasteiger partial charge < -0.3 is 10.2 Å². The van der Waals surface area contributed by atoms with Crippen LogP contribution in [-0.4, -0.2) is 6.04 Å². The van der Waals surface area contributed by atoms with Gasteiger partial charge in [-0.05, 0) is 53.0 Å². The third kappa shape index (κ3) is 3.64. The fourth-order valence-electron chi connectivity index (χ4n) is 1.90. The minimum Gasteiger partial charge on any atom is -0.469 e. The number of benzene rings is 1. The standard InChI is InChI=1S/C14H14BrF2NO/c15-12-5-6-13(16)11(14(12)17)8-9(18)3-4-10-2-1-7-19-10/h1-2,5-7,9H,3-4,8,18H2. The predicted molar refractivity (Wildman–Crippen MR) is 72.8 cm³/mol. The molecule has 1 aromatic carbocycles. The smallest absolute Gasteiger partial charge is 0.143 e. The van der Waals surface area contributed by atoms with Crippen molar-refractivity contribution < 1.29 is 13.2 Å². The van der Waals surface area contributed by atoms with Crippen LogP contribution in [0, 0.1) is 11.6 Å². The third-order valence-electron chi connectivity index (χ3n) is 2.95. The topological polar surface area (TPSA) is 39.2 Å². The molecule has 0 spiro atoms. The van der Waals surface area contributed by atoms with E-state index in [2.05, 4.69) is 15.9 Å². The molecule has 0 aliphatic rings. The number of hydrogen-bond acceptors (Lipinski definition) is 2. The zero-order valence-corrected chi connectivity index (χ0v) is 11.8. The van der Waals surface area contributed by atoms with Gasteiger partial charge in [-0.2, -0.15) is 0 Å². The predicted octanol–water partition coefficient (Wildman–Crippen LogP) is 3.82. The average Bonchev–Trinajstić information content (AvgIpc) is 2.90. The molecule has 102 valence electrons. The second kappa shape index (κ2) is 6.30. The number of furan rings is 1. The lowest BCUT2D eigenvalue weighted by atomic mass is 10.0. The highest BCUT2D eigenvalue weighted by atomic mass is 79.9. The average molecular weight is 330 g/mol. The van der Waals surface area contributed by atoms with Crippen LogP contribution in [0.15, 0.2) is 39.4 Å². The van der Waals surface area contributed by atoms with E-state index in [1.807, 2.05) is 6.07 Å². The van der Waals surface area contributed by atoms with Crippen molar-refractivity contribution in [1.82, 2.24) is 0 Å². The van der Waals surface area contributed by atoms with E-state index >= 15 is 0 Å². The maximum atomic E-state index is 13.8. The monoisotopic (exact) mass is 329 g/mol. The molecule has 5 heteroatoms. The van der Waals surface area contributed by atoms with Crippen LogP contribution in [-0.2, 0) is 12.8 Å². The molecule has 1 heterocycles. The van der Waals surface area contributed by atoms with Gasteiger partial charge in [0.2, 0.25) is 0 Å². The fraction of sp³-hybridized carbons (Fsp3) is 0.286. The summed E-state index contributed by atoms with van der Waals surface area (Å²) in [5.74, 6) is -0.312. The van der Waals surface area contributed by atoms with Crippen molar-refractivity contribution in [3.63, 3.8) is 0 Å². The largest absolute Gasteiger partial charge is 0.469 e. The highest BCUT2D eigenvalue weighted by Crippen LogP contribution is 2.23. The molecular weight excluding hydrogens is 316 g/mol. The lowest BCUT2D eigenvalue weighted by Gasteiger charge is -2.13. The van der Waals surface area contributed by atoms with Crippen molar-refractivity contribution >= 4 is 15.9 Å². The SMILES string of the molecule is NC(CCc1ccco1)Cc1c(F)ccc(Br)c1F. The van der Waals surface area contributed by atoms with E-state index in [1.165, 1.54) is 12.1 Å². The summed E-state index contributed by atoms with van der Waals surface area (Å²) >= 11 is 3.04. The molecule has 0 bridgehead atoms. The molecule has 0 saturated heterocycles. The highest BCUT2D eigenvalue weighted by Gasteiger charge is 2.15. The first kappa shape index (κ1) is 14.2. The van der Waals surface area contributed by atoms with Crippen LogP contribution in [0.2, 0.25) is 0 Å². The summed E-state index contributed by atoms with van der Waals surface area (Å²) in [5.41, 5.74) is 5.95. The van der Waals surface area contributed by atoms with E-state index in [9.17, 15) is 8.78 Å². The minimum atomic E-state index is -0.576. The molecule has 0 saturated carbocycles. The van der Waals surface area contributed by atoms with E-state index in [0.29, 0.717) is 12.8 Å². The first-order chi connectivity index (χ1) is 9.08. The normalized spacial score (nSPS) is 12.6. The van der Waals surface area contributed by atoms with Gasteiger partial charge >= 0.3 is 0 Å². The van der Waals surface area contributed by atoms with Crippen LogP contribution in [0.4, 0.5) is 8.78 Å². The van der Waals surface area contributed by atoms with E-state index in [1.54, 1.807) is 12.3 Å². The van der Waals surface area contributed by atoms with Crippen molar-refractivity contribution in [3.8, 4) is 0 Å². The number of rotatable bonds is 5. The van der Waals surface area contributed by atoms with Crippen molar-refractivity contribution in [2.24, 2.45) is 5.73 Å².